The molecule has 1 fully saturated rings. The molecule has 4 nitrogen and oxygen atoms in total. The van der Waals surface area contributed by atoms with Crippen LogP contribution in [0.5, 0.6) is 0 Å². The molecule has 23 heavy (non-hydrogen) atoms. The summed E-state index contributed by atoms with van der Waals surface area (Å²) in [5.41, 5.74) is 1.05. The van der Waals surface area contributed by atoms with Gasteiger partial charge in [-0.25, -0.2) is 4.90 Å². The van der Waals surface area contributed by atoms with Crippen molar-refractivity contribution < 1.29 is 9.59 Å². The Bertz CT molecular complexity index is 777. The lowest BCUT2D eigenvalue weighted by Gasteiger charge is -2.16. The highest BCUT2D eigenvalue weighted by Crippen LogP contribution is 2.30. The summed E-state index contributed by atoms with van der Waals surface area (Å²) < 4.78 is 0. The van der Waals surface area contributed by atoms with Crippen molar-refractivity contribution in [3.8, 4) is 0 Å². The van der Waals surface area contributed by atoms with E-state index in [-0.39, 0.29) is 18.2 Å². The fourth-order valence-corrected chi connectivity index (χ4v) is 2.99. The smallest absolute Gasteiger partial charge is 0.256 e. The van der Waals surface area contributed by atoms with Crippen molar-refractivity contribution in [2.24, 2.45) is 0 Å². The molecule has 7 heteroatoms. The molecule has 0 spiro atoms. The SMILES string of the molecule is O=C1C[C@@H](Nc2ccc(Cl)cc2Cl)C(=O)N1c1ccc(Cl)cc1. The predicted molar refractivity (Wildman–Crippen MR) is 92.4 cm³/mol. The van der Waals surface area contributed by atoms with Crippen molar-refractivity contribution in [2.45, 2.75) is 12.5 Å². The van der Waals surface area contributed by atoms with E-state index in [1.54, 1.807) is 42.5 Å². The lowest BCUT2D eigenvalue weighted by molar-refractivity contribution is -0.121. The number of hydrogen-bond acceptors (Lipinski definition) is 3. The maximum Gasteiger partial charge on any atom is 0.256 e. The number of benzene rings is 2. The molecule has 0 saturated carbocycles. The molecule has 2 amide bonds. The van der Waals surface area contributed by atoms with Gasteiger partial charge in [-0.1, -0.05) is 34.8 Å². The van der Waals surface area contributed by atoms with Gasteiger partial charge in [-0.05, 0) is 42.5 Å². The maximum absolute atomic E-state index is 12.5. The summed E-state index contributed by atoms with van der Waals surface area (Å²) in [4.78, 5) is 25.9. The summed E-state index contributed by atoms with van der Waals surface area (Å²) in [5, 5.41) is 4.43. The molecule has 1 aliphatic heterocycles. The first-order valence-corrected chi connectivity index (χ1v) is 7.93. The number of nitrogens with zero attached hydrogens (tertiary/aromatic N) is 1. The summed E-state index contributed by atoms with van der Waals surface area (Å²) in [5.74, 6) is -0.608. The minimum absolute atomic E-state index is 0.0560. The normalized spacial score (nSPS) is 17.7. The molecule has 1 aliphatic rings. The topological polar surface area (TPSA) is 49.4 Å². The van der Waals surface area contributed by atoms with Crippen LogP contribution in [0.1, 0.15) is 6.42 Å². The molecule has 1 saturated heterocycles. The number of halogens is 3. The van der Waals surface area contributed by atoms with Gasteiger partial charge in [0.05, 0.1) is 22.8 Å². The molecule has 0 aliphatic carbocycles. The third-order valence-electron chi connectivity index (χ3n) is 3.49. The van der Waals surface area contributed by atoms with Crippen LogP contribution >= 0.6 is 34.8 Å². The van der Waals surface area contributed by atoms with E-state index in [9.17, 15) is 9.59 Å². The van der Waals surface area contributed by atoms with Crippen LogP contribution in [-0.2, 0) is 9.59 Å². The van der Waals surface area contributed by atoms with Crippen molar-refractivity contribution >= 4 is 58.0 Å². The average Bonchev–Trinajstić information content (AvgIpc) is 2.78. The zero-order valence-electron chi connectivity index (χ0n) is 11.7. The molecular formula is C16H11Cl3N2O2. The van der Waals surface area contributed by atoms with Crippen molar-refractivity contribution in [1.82, 2.24) is 0 Å². The molecule has 0 radical (unpaired) electrons. The molecule has 0 aromatic heterocycles. The van der Waals surface area contributed by atoms with Crippen molar-refractivity contribution in [3.63, 3.8) is 0 Å². The summed E-state index contributed by atoms with van der Waals surface area (Å²) >= 11 is 17.8. The largest absolute Gasteiger partial charge is 0.372 e. The summed E-state index contributed by atoms with van der Waals surface area (Å²) in [7, 11) is 0. The Labute approximate surface area is 147 Å². The minimum Gasteiger partial charge on any atom is -0.372 e. The van der Waals surface area contributed by atoms with Gasteiger partial charge in [-0.3, -0.25) is 9.59 Å². The first-order valence-electron chi connectivity index (χ1n) is 6.79. The van der Waals surface area contributed by atoms with Gasteiger partial charge in [-0.2, -0.15) is 0 Å². The van der Waals surface area contributed by atoms with E-state index in [2.05, 4.69) is 5.32 Å². The van der Waals surface area contributed by atoms with Crippen LogP contribution in [0.15, 0.2) is 42.5 Å². The first-order chi connectivity index (χ1) is 11.0. The predicted octanol–water partition coefficient (Wildman–Crippen LogP) is 4.39. The lowest BCUT2D eigenvalue weighted by Crippen LogP contribution is -2.34. The highest BCUT2D eigenvalue weighted by molar-refractivity contribution is 6.36. The second-order valence-corrected chi connectivity index (χ2v) is 6.35. The van der Waals surface area contributed by atoms with Gasteiger partial charge in [0.25, 0.3) is 5.91 Å². The lowest BCUT2D eigenvalue weighted by atomic mass is 10.2. The quantitative estimate of drug-likeness (QED) is 0.816. The number of carbonyl (C=O) groups is 2. The number of amides is 2. The van der Waals surface area contributed by atoms with Gasteiger partial charge in [0.2, 0.25) is 5.91 Å². The van der Waals surface area contributed by atoms with Gasteiger partial charge in [-0.15, -0.1) is 0 Å². The Morgan fingerprint density at radius 3 is 2.26 bits per heavy atom. The standard InChI is InChI=1S/C16H11Cl3N2O2/c17-9-1-4-11(5-2-9)21-15(22)8-14(16(21)23)20-13-6-3-10(18)7-12(13)19/h1-7,14,20H,8H2/t14-/m1/s1. The van der Waals surface area contributed by atoms with Crippen LogP contribution in [0.2, 0.25) is 15.1 Å². The maximum atomic E-state index is 12.5. The molecular weight excluding hydrogens is 359 g/mol. The van der Waals surface area contributed by atoms with E-state index in [1.165, 1.54) is 0 Å². The highest BCUT2D eigenvalue weighted by atomic mass is 35.5. The van der Waals surface area contributed by atoms with Crippen LogP contribution in [0.25, 0.3) is 0 Å². The van der Waals surface area contributed by atoms with Crippen LogP contribution in [0.3, 0.4) is 0 Å². The Morgan fingerprint density at radius 1 is 0.957 bits per heavy atom. The Morgan fingerprint density at radius 2 is 1.61 bits per heavy atom. The molecule has 1 heterocycles. The fourth-order valence-electron chi connectivity index (χ4n) is 2.40. The zero-order valence-corrected chi connectivity index (χ0v) is 14.0. The van der Waals surface area contributed by atoms with Gasteiger partial charge in [0.15, 0.2) is 0 Å². The summed E-state index contributed by atoms with van der Waals surface area (Å²) in [6, 6.07) is 10.8. The van der Waals surface area contributed by atoms with Crippen molar-refractivity contribution in [3.05, 3.63) is 57.5 Å². The Kier molecular flexibility index (Phi) is 4.48. The third kappa shape index (κ3) is 3.29. The summed E-state index contributed by atoms with van der Waals surface area (Å²) in [6.07, 6.45) is 0.0560. The molecule has 1 N–H and O–H groups in total. The zero-order chi connectivity index (χ0) is 16.6. The van der Waals surface area contributed by atoms with Gasteiger partial charge in [0, 0.05) is 10.0 Å². The molecule has 1 atom stereocenters. The van der Waals surface area contributed by atoms with E-state index in [0.717, 1.165) is 4.90 Å². The number of rotatable bonds is 3. The monoisotopic (exact) mass is 368 g/mol. The minimum atomic E-state index is -0.670. The molecule has 118 valence electrons. The van der Waals surface area contributed by atoms with E-state index < -0.39 is 6.04 Å². The number of imide groups is 1. The molecule has 0 bridgehead atoms. The van der Waals surface area contributed by atoms with E-state index in [4.69, 9.17) is 34.8 Å². The van der Waals surface area contributed by atoms with Crippen molar-refractivity contribution in [2.75, 3.05) is 10.2 Å². The Balaban J connectivity index is 1.82. The van der Waals surface area contributed by atoms with Gasteiger partial charge >= 0.3 is 0 Å². The highest BCUT2D eigenvalue weighted by Gasteiger charge is 2.39. The van der Waals surface area contributed by atoms with E-state index >= 15 is 0 Å². The first kappa shape index (κ1) is 16.1. The van der Waals surface area contributed by atoms with Crippen LogP contribution < -0.4 is 10.2 Å². The molecule has 2 aromatic carbocycles. The molecule has 2 aromatic rings. The molecule has 3 rings (SSSR count). The second kappa shape index (κ2) is 6.40. The van der Waals surface area contributed by atoms with Gasteiger partial charge < -0.3 is 5.32 Å². The van der Waals surface area contributed by atoms with E-state index in [1.807, 2.05) is 0 Å². The van der Waals surface area contributed by atoms with Crippen LogP contribution in [0.4, 0.5) is 11.4 Å². The van der Waals surface area contributed by atoms with Gasteiger partial charge in [0.1, 0.15) is 6.04 Å². The second-order valence-electron chi connectivity index (χ2n) is 5.07. The number of nitrogens with one attached hydrogen (secondary N) is 1. The molecule has 0 unspecified atom stereocenters. The third-order valence-corrected chi connectivity index (χ3v) is 4.29. The van der Waals surface area contributed by atoms with Crippen LogP contribution in [0, 0.1) is 0 Å². The number of carbonyl (C=O) groups excluding carboxylic acids is 2. The number of hydrogen-bond donors (Lipinski definition) is 1. The fraction of sp³-hybridized carbons (Fsp3) is 0.125. The van der Waals surface area contributed by atoms with E-state index in [0.29, 0.717) is 26.4 Å². The summed E-state index contributed by atoms with van der Waals surface area (Å²) in [6.45, 7) is 0. The Hall–Kier alpha value is -1.75. The van der Waals surface area contributed by atoms with Crippen LogP contribution in [-0.4, -0.2) is 17.9 Å². The number of anilines is 2. The average molecular weight is 370 g/mol. The van der Waals surface area contributed by atoms with Crippen molar-refractivity contribution in [1.29, 1.82) is 0 Å².